The zero-order chi connectivity index (χ0) is 4.57. The Hall–Kier alpha value is -0.370. The Balaban J connectivity index is 2.39. The van der Waals surface area contributed by atoms with E-state index >= 15 is 0 Å². The van der Waals surface area contributed by atoms with Gasteiger partial charge in [0.05, 0.1) is 0 Å². The Bertz CT molecular complexity index is 77.6. The van der Waals surface area contributed by atoms with Gasteiger partial charge in [-0.25, -0.2) is 0 Å². The molecule has 1 atom stereocenters. The maximum Gasteiger partial charge on any atom is 0.161 e. The molecular weight excluding hydrogens is 80.0 g/mol. The SMILES string of the molecule is O=C1CCC1O. The van der Waals surface area contributed by atoms with Crippen molar-refractivity contribution in [3.63, 3.8) is 0 Å². The molecule has 0 amide bonds. The molecule has 1 aliphatic rings. The lowest BCUT2D eigenvalue weighted by molar-refractivity contribution is -0.135. The number of aliphatic hydroxyl groups is 1. The molecule has 0 aromatic heterocycles. The fourth-order valence-corrected chi connectivity index (χ4v) is 0.391. The minimum Gasteiger partial charge on any atom is -0.385 e. The molecule has 0 bridgehead atoms. The van der Waals surface area contributed by atoms with Crippen molar-refractivity contribution in [3.8, 4) is 0 Å². The molecule has 0 aromatic carbocycles. The van der Waals surface area contributed by atoms with Crippen molar-refractivity contribution in [2.75, 3.05) is 0 Å². The average Bonchev–Trinajstić information content (AvgIpc) is 1.61. The second-order valence-electron chi connectivity index (χ2n) is 1.52. The van der Waals surface area contributed by atoms with E-state index in [1.54, 1.807) is 0 Å². The summed E-state index contributed by atoms with van der Waals surface area (Å²) in [5, 5.41) is 8.37. The van der Waals surface area contributed by atoms with Crippen molar-refractivity contribution in [2.24, 2.45) is 0 Å². The highest BCUT2D eigenvalue weighted by Crippen LogP contribution is 2.12. The summed E-state index contributed by atoms with van der Waals surface area (Å²) in [6.45, 7) is 0. The number of Topliss-reactive ketones (excluding diaryl/α,β-unsaturated/α-hetero) is 1. The van der Waals surface area contributed by atoms with Gasteiger partial charge in [-0.05, 0) is 6.42 Å². The number of rotatable bonds is 0. The van der Waals surface area contributed by atoms with Crippen molar-refractivity contribution < 1.29 is 9.90 Å². The molecule has 0 aliphatic heterocycles. The minimum absolute atomic E-state index is 0.00463. The van der Waals surface area contributed by atoms with Gasteiger partial charge in [0.25, 0.3) is 0 Å². The highest BCUT2D eigenvalue weighted by Gasteiger charge is 2.24. The number of ketones is 1. The maximum absolute atomic E-state index is 9.98. The molecule has 1 aliphatic carbocycles. The van der Waals surface area contributed by atoms with Crippen LogP contribution in [0.4, 0.5) is 0 Å². The molecular formula is C4H6O2. The van der Waals surface area contributed by atoms with Crippen LogP contribution in [0.1, 0.15) is 12.8 Å². The molecule has 1 saturated carbocycles. The molecule has 34 valence electrons. The van der Waals surface area contributed by atoms with Crippen LogP contribution in [-0.4, -0.2) is 17.0 Å². The third-order valence-electron chi connectivity index (χ3n) is 1.04. The number of hydrogen-bond donors (Lipinski definition) is 1. The van der Waals surface area contributed by atoms with E-state index in [0.29, 0.717) is 12.8 Å². The first kappa shape index (κ1) is 3.81. The van der Waals surface area contributed by atoms with E-state index in [1.165, 1.54) is 0 Å². The van der Waals surface area contributed by atoms with Gasteiger partial charge in [-0.2, -0.15) is 0 Å². The van der Waals surface area contributed by atoms with Gasteiger partial charge in [-0.15, -0.1) is 0 Å². The number of carbonyl (C=O) groups excluding carboxylic acids is 1. The first-order valence-electron chi connectivity index (χ1n) is 2.01. The van der Waals surface area contributed by atoms with Crippen LogP contribution in [0.25, 0.3) is 0 Å². The van der Waals surface area contributed by atoms with Crippen LogP contribution in [0.5, 0.6) is 0 Å². The summed E-state index contributed by atoms with van der Waals surface area (Å²) in [5.41, 5.74) is 0. The molecule has 2 nitrogen and oxygen atoms in total. The zero-order valence-electron chi connectivity index (χ0n) is 3.35. The largest absolute Gasteiger partial charge is 0.385 e. The lowest BCUT2D eigenvalue weighted by Crippen LogP contribution is -2.30. The summed E-state index contributed by atoms with van der Waals surface area (Å²) < 4.78 is 0. The van der Waals surface area contributed by atoms with Gasteiger partial charge in [-0.1, -0.05) is 0 Å². The van der Waals surface area contributed by atoms with Crippen LogP contribution in [0.2, 0.25) is 0 Å². The summed E-state index contributed by atoms with van der Waals surface area (Å²) in [6.07, 6.45) is 0.657. The molecule has 1 N–H and O–H groups in total. The number of aliphatic hydroxyl groups excluding tert-OH is 1. The third kappa shape index (κ3) is 0.337. The van der Waals surface area contributed by atoms with Crippen LogP contribution in [0.15, 0.2) is 0 Å². The quantitative estimate of drug-likeness (QED) is 0.440. The van der Waals surface area contributed by atoms with Crippen molar-refractivity contribution in [2.45, 2.75) is 18.9 Å². The molecule has 2 heteroatoms. The van der Waals surface area contributed by atoms with E-state index in [2.05, 4.69) is 0 Å². The van der Waals surface area contributed by atoms with Crippen molar-refractivity contribution in [1.82, 2.24) is 0 Å². The molecule has 1 fully saturated rings. The Labute approximate surface area is 35.8 Å². The summed E-state index contributed by atoms with van der Waals surface area (Å²) in [7, 11) is 0. The fraction of sp³-hybridized carbons (Fsp3) is 0.750. The second kappa shape index (κ2) is 1.05. The Kier molecular flexibility index (Phi) is 0.665. The van der Waals surface area contributed by atoms with Gasteiger partial charge in [0.2, 0.25) is 0 Å². The molecule has 0 aromatic rings. The van der Waals surface area contributed by atoms with Crippen LogP contribution in [-0.2, 0) is 4.79 Å². The Morgan fingerprint density at radius 2 is 2.33 bits per heavy atom. The summed E-state index contributed by atoms with van der Waals surface area (Å²) >= 11 is 0. The smallest absolute Gasteiger partial charge is 0.161 e. The van der Waals surface area contributed by atoms with Crippen LogP contribution < -0.4 is 0 Å². The number of hydrogen-bond acceptors (Lipinski definition) is 2. The minimum atomic E-state index is -0.606. The molecule has 6 heavy (non-hydrogen) atoms. The molecule has 1 unspecified atom stereocenters. The summed E-state index contributed by atoms with van der Waals surface area (Å²) in [5.74, 6) is -0.00463. The van der Waals surface area contributed by atoms with Crippen LogP contribution >= 0.6 is 0 Å². The van der Waals surface area contributed by atoms with E-state index in [1.807, 2.05) is 0 Å². The summed E-state index contributed by atoms with van der Waals surface area (Å²) in [4.78, 5) is 9.98. The van der Waals surface area contributed by atoms with Gasteiger partial charge in [0, 0.05) is 6.42 Å². The van der Waals surface area contributed by atoms with Gasteiger partial charge >= 0.3 is 0 Å². The van der Waals surface area contributed by atoms with Crippen LogP contribution in [0, 0.1) is 0 Å². The predicted molar refractivity (Wildman–Crippen MR) is 20.2 cm³/mol. The topological polar surface area (TPSA) is 37.3 Å². The number of carbonyl (C=O) groups is 1. The highest BCUT2D eigenvalue weighted by molar-refractivity contribution is 5.88. The van der Waals surface area contributed by atoms with Gasteiger partial charge in [0.1, 0.15) is 6.10 Å². The third-order valence-corrected chi connectivity index (χ3v) is 1.04. The van der Waals surface area contributed by atoms with E-state index < -0.39 is 6.10 Å². The van der Waals surface area contributed by atoms with E-state index in [-0.39, 0.29) is 5.78 Å². The van der Waals surface area contributed by atoms with Crippen molar-refractivity contribution in [3.05, 3.63) is 0 Å². The van der Waals surface area contributed by atoms with Gasteiger partial charge in [0.15, 0.2) is 5.78 Å². The lowest BCUT2D eigenvalue weighted by Gasteiger charge is -2.16. The normalized spacial score (nSPS) is 32.8. The van der Waals surface area contributed by atoms with Crippen molar-refractivity contribution >= 4 is 5.78 Å². The van der Waals surface area contributed by atoms with E-state index in [9.17, 15) is 4.79 Å². The second-order valence-corrected chi connectivity index (χ2v) is 1.52. The standard InChI is InChI=1S/C4H6O2/c5-3-1-2-4(3)6/h3,5H,1-2H2. The predicted octanol–water partition coefficient (Wildman–Crippen LogP) is -0.290. The summed E-state index contributed by atoms with van der Waals surface area (Å²) in [6, 6.07) is 0. The molecule has 1 rings (SSSR count). The Morgan fingerprint density at radius 1 is 1.83 bits per heavy atom. The maximum atomic E-state index is 9.98. The average molecular weight is 86.1 g/mol. The Morgan fingerprint density at radius 3 is 2.33 bits per heavy atom. The molecule has 0 saturated heterocycles. The monoisotopic (exact) mass is 86.0 g/mol. The molecule has 0 radical (unpaired) electrons. The fourth-order valence-electron chi connectivity index (χ4n) is 0.391. The van der Waals surface area contributed by atoms with Crippen molar-refractivity contribution in [1.29, 1.82) is 0 Å². The first-order valence-corrected chi connectivity index (χ1v) is 2.01. The highest BCUT2D eigenvalue weighted by atomic mass is 16.3. The first-order chi connectivity index (χ1) is 2.80. The van der Waals surface area contributed by atoms with E-state index in [0.717, 1.165) is 0 Å². The van der Waals surface area contributed by atoms with Gasteiger partial charge in [-0.3, -0.25) is 4.79 Å². The van der Waals surface area contributed by atoms with Gasteiger partial charge < -0.3 is 5.11 Å². The zero-order valence-corrected chi connectivity index (χ0v) is 3.35. The molecule has 0 heterocycles. The van der Waals surface area contributed by atoms with Crippen LogP contribution in [0.3, 0.4) is 0 Å². The lowest BCUT2D eigenvalue weighted by atomic mass is 9.95. The van der Waals surface area contributed by atoms with E-state index in [4.69, 9.17) is 5.11 Å². The molecule has 0 spiro atoms.